The van der Waals surface area contributed by atoms with Crippen molar-refractivity contribution in [2.75, 3.05) is 0 Å². The highest BCUT2D eigenvalue weighted by Gasteiger charge is 2.11. The SMILES string of the molecule is Clc1ccnc(Cl)n1.O=c1oc2ccccc2n1-c1ccnc(Cl)n1. The monoisotopic (exact) mass is 395 g/mol. The van der Waals surface area contributed by atoms with Crippen molar-refractivity contribution >= 4 is 45.9 Å². The molecule has 0 aliphatic carbocycles. The average Bonchev–Trinajstić information content (AvgIpc) is 2.91. The molecule has 7 nitrogen and oxygen atoms in total. The van der Waals surface area contributed by atoms with E-state index in [1.165, 1.54) is 17.0 Å². The fourth-order valence-corrected chi connectivity index (χ4v) is 2.42. The predicted octanol–water partition coefficient (Wildman–Crippen LogP) is 3.81. The summed E-state index contributed by atoms with van der Waals surface area (Å²) in [6, 6.07) is 10.3. The zero-order valence-electron chi connectivity index (χ0n) is 12.3. The van der Waals surface area contributed by atoms with Crippen molar-refractivity contribution in [3.05, 3.63) is 75.1 Å². The van der Waals surface area contributed by atoms with Crippen LogP contribution in [0.3, 0.4) is 0 Å². The third-order valence-corrected chi connectivity index (χ3v) is 3.49. The first-order valence-corrected chi connectivity index (χ1v) is 7.91. The van der Waals surface area contributed by atoms with Crippen LogP contribution >= 0.6 is 34.8 Å². The molecule has 0 bridgehead atoms. The molecule has 0 saturated heterocycles. The first-order valence-electron chi connectivity index (χ1n) is 6.78. The Morgan fingerprint density at radius 3 is 2.20 bits per heavy atom. The number of halogens is 3. The number of fused-ring (bicyclic) bond motifs is 1. The van der Waals surface area contributed by atoms with E-state index in [0.29, 0.717) is 22.1 Å². The van der Waals surface area contributed by atoms with Crippen molar-refractivity contribution in [3.8, 4) is 5.82 Å². The summed E-state index contributed by atoms with van der Waals surface area (Å²) in [6.07, 6.45) is 2.98. The van der Waals surface area contributed by atoms with Gasteiger partial charge in [0.05, 0.1) is 5.52 Å². The molecule has 0 fully saturated rings. The number of nitrogens with zero attached hydrogens (tertiary/aromatic N) is 5. The van der Waals surface area contributed by atoms with Crippen molar-refractivity contribution in [2.24, 2.45) is 0 Å². The largest absolute Gasteiger partial charge is 0.425 e. The lowest BCUT2D eigenvalue weighted by Crippen LogP contribution is -2.13. The van der Waals surface area contributed by atoms with E-state index in [2.05, 4.69) is 19.9 Å². The Labute approximate surface area is 155 Å². The Morgan fingerprint density at radius 1 is 0.880 bits per heavy atom. The second kappa shape index (κ2) is 7.60. The molecule has 0 aliphatic rings. The van der Waals surface area contributed by atoms with Crippen LogP contribution in [0.4, 0.5) is 0 Å². The average molecular weight is 397 g/mol. The molecule has 0 atom stereocenters. The molecule has 0 saturated carbocycles. The molecular formula is C15H8Cl3N5O2. The van der Waals surface area contributed by atoms with E-state index < -0.39 is 5.76 Å². The molecule has 0 unspecified atom stereocenters. The van der Waals surface area contributed by atoms with Crippen LogP contribution in [0.5, 0.6) is 0 Å². The maximum atomic E-state index is 11.7. The van der Waals surface area contributed by atoms with Crippen LogP contribution in [0.1, 0.15) is 0 Å². The van der Waals surface area contributed by atoms with E-state index in [-0.39, 0.29) is 10.6 Å². The number of oxazole rings is 1. The molecule has 10 heteroatoms. The summed E-state index contributed by atoms with van der Waals surface area (Å²) in [6.45, 7) is 0. The molecule has 0 spiro atoms. The number of benzene rings is 1. The first-order chi connectivity index (χ1) is 12.0. The normalized spacial score (nSPS) is 10.4. The Morgan fingerprint density at radius 2 is 1.56 bits per heavy atom. The molecule has 4 aromatic rings. The zero-order valence-corrected chi connectivity index (χ0v) is 14.6. The quantitative estimate of drug-likeness (QED) is 0.359. The highest BCUT2D eigenvalue weighted by molar-refractivity contribution is 6.31. The summed E-state index contributed by atoms with van der Waals surface area (Å²) in [5.41, 5.74) is 1.15. The molecule has 1 aromatic carbocycles. The van der Waals surface area contributed by atoms with Crippen LogP contribution < -0.4 is 5.76 Å². The molecule has 3 aromatic heterocycles. The van der Waals surface area contributed by atoms with E-state index in [0.717, 1.165) is 0 Å². The van der Waals surface area contributed by atoms with E-state index in [1.807, 2.05) is 6.07 Å². The first kappa shape index (κ1) is 17.3. The molecule has 4 rings (SSSR count). The highest BCUT2D eigenvalue weighted by atomic mass is 35.5. The van der Waals surface area contributed by atoms with Gasteiger partial charge in [-0.1, -0.05) is 23.7 Å². The summed E-state index contributed by atoms with van der Waals surface area (Å²) in [7, 11) is 0. The van der Waals surface area contributed by atoms with Gasteiger partial charge in [0.2, 0.25) is 10.6 Å². The van der Waals surface area contributed by atoms with Crippen LogP contribution in [0.25, 0.3) is 16.9 Å². The topological polar surface area (TPSA) is 86.7 Å². The predicted molar refractivity (Wildman–Crippen MR) is 94.5 cm³/mol. The fourth-order valence-electron chi connectivity index (χ4n) is 1.95. The van der Waals surface area contributed by atoms with E-state index >= 15 is 0 Å². The zero-order chi connectivity index (χ0) is 17.8. The smallest absolute Gasteiger partial charge is 0.407 e. The fraction of sp³-hybridized carbons (Fsp3) is 0. The van der Waals surface area contributed by atoms with Gasteiger partial charge in [0, 0.05) is 18.5 Å². The van der Waals surface area contributed by atoms with Crippen molar-refractivity contribution in [1.82, 2.24) is 24.5 Å². The van der Waals surface area contributed by atoms with Gasteiger partial charge in [-0.3, -0.25) is 0 Å². The third kappa shape index (κ3) is 4.14. The van der Waals surface area contributed by atoms with Gasteiger partial charge in [-0.25, -0.2) is 24.3 Å². The van der Waals surface area contributed by atoms with Gasteiger partial charge in [0.1, 0.15) is 11.0 Å². The van der Waals surface area contributed by atoms with Crippen molar-refractivity contribution in [2.45, 2.75) is 0 Å². The number of hydrogen-bond acceptors (Lipinski definition) is 6. The van der Waals surface area contributed by atoms with Crippen molar-refractivity contribution < 1.29 is 4.42 Å². The molecule has 3 heterocycles. The molecule has 25 heavy (non-hydrogen) atoms. The van der Waals surface area contributed by atoms with Gasteiger partial charge in [-0.05, 0) is 41.4 Å². The summed E-state index contributed by atoms with van der Waals surface area (Å²) < 4.78 is 6.45. The van der Waals surface area contributed by atoms with E-state index in [1.54, 1.807) is 30.3 Å². The number of rotatable bonds is 1. The summed E-state index contributed by atoms with van der Waals surface area (Å²) in [5, 5.41) is 0.627. The molecule has 0 amide bonds. The van der Waals surface area contributed by atoms with Crippen LogP contribution in [0, 0.1) is 0 Å². The van der Waals surface area contributed by atoms with Crippen LogP contribution in [0.15, 0.2) is 58.0 Å². The van der Waals surface area contributed by atoms with Gasteiger partial charge in [0.15, 0.2) is 5.58 Å². The lowest BCUT2D eigenvalue weighted by Gasteiger charge is -1.99. The molecule has 126 valence electrons. The summed E-state index contributed by atoms with van der Waals surface area (Å²) in [4.78, 5) is 26.7. The van der Waals surface area contributed by atoms with Gasteiger partial charge in [0.25, 0.3) is 0 Å². The lowest BCUT2D eigenvalue weighted by atomic mass is 10.3. The van der Waals surface area contributed by atoms with Crippen LogP contribution in [0.2, 0.25) is 15.7 Å². The number of aromatic nitrogens is 5. The van der Waals surface area contributed by atoms with E-state index in [9.17, 15) is 4.79 Å². The lowest BCUT2D eigenvalue weighted by molar-refractivity contribution is 0.538. The Balaban J connectivity index is 0.000000192. The van der Waals surface area contributed by atoms with Gasteiger partial charge in [-0.2, -0.15) is 4.98 Å². The standard InChI is InChI=1S/C11H6ClN3O2.C4H2Cl2N2/c12-10-13-6-5-9(14-10)15-7-3-1-2-4-8(7)17-11(15)16;5-3-1-2-7-4(6)8-3/h1-6H;1-2H. The second-order valence-electron chi connectivity index (χ2n) is 4.50. The third-order valence-electron chi connectivity index (χ3n) is 2.92. The second-order valence-corrected chi connectivity index (χ2v) is 5.57. The molecule has 0 aliphatic heterocycles. The van der Waals surface area contributed by atoms with Gasteiger partial charge in [-0.15, -0.1) is 0 Å². The minimum Gasteiger partial charge on any atom is -0.407 e. The Bertz CT molecular complexity index is 1060. The molecule has 0 N–H and O–H groups in total. The minimum atomic E-state index is -0.499. The maximum absolute atomic E-state index is 11.7. The highest BCUT2D eigenvalue weighted by Crippen LogP contribution is 2.16. The summed E-state index contributed by atoms with van der Waals surface area (Å²) >= 11 is 16.4. The Kier molecular flexibility index (Phi) is 5.28. The van der Waals surface area contributed by atoms with Crippen molar-refractivity contribution in [3.63, 3.8) is 0 Å². The maximum Gasteiger partial charge on any atom is 0.425 e. The van der Waals surface area contributed by atoms with Crippen LogP contribution in [-0.4, -0.2) is 24.5 Å². The van der Waals surface area contributed by atoms with Gasteiger partial charge >= 0.3 is 5.76 Å². The number of para-hydroxylation sites is 2. The molecule has 0 radical (unpaired) electrons. The number of hydrogen-bond donors (Lipinski definition) is 0. The minimum absolute atomic E-state index is 0.0830. The van der Waals surface area contributed by atoms with Crippen LogP contribution in [-0.2, 0) is 0 Å². The summed E-state index contributed by atoms with van der Waals surface area (Å²) in [5.74, 6) is -0.110. The van der Waals surface area contributed by atoms with E-state index in [4.69, 9.17) is 39.2 Å². The Hall–Kier alpha value is -2.48. The van der Waals surface area contributed by atoms with Gasteiger partial charge < -0.3 is 4.42 Å². The molecular weight excluding hydrogens is 389 g/mol. The van der Waals surface area contributed by atoms with Crippen molar-refractivity contribution in [1.29, 1.82) is 0 Å².